The number of para-hydroxylation sites is 1. The van der Waals surface area contributed by atoms with Gasteiger partial charge in [0.05, 0.1) is 18.8 Å². The summed E-state index contributed by atoms with van der Waals surface area (Å²) in [5.41, 5.74) is 8.01. The van der Waals surface area contributed by atoms with Crippen LogP contribution in [0, 0.1) is 0 Å². The van der Waals surface area contributed by atoms with Crippen molar-refractivity contribution in [1.29, 1.82) is 0 Å². The van der Waals surface area contributed by atoms with Gasteiger partial charge in [-0.3, -0.25) is 4.68 Å². The lowest BCUT2D eigenvalue weighted by atomic mass is 10.0. The first-order valence-electron chi connectivity index (χ1n) is 5.81. The van der Waals surface area contributed by atoms with Gasteiger partial charge in [-0.2, -0.15) is 5.10 Å². The van der Waals surface area contributed by atoms with Gasteiger partial charge < -0.3 is 10.5 Å². The molecule has 17 heavy (non-hydrogen) atoms. The second-order valence-electron chi connectivity index (χ2n) is 4.25. The van der Waals surface area contributed by atoms with E-state index in [9.17, 15) is 0 Å². The summed E-state index contributed by atoms with van der Waals surface area (Å²) in [6.07, 6.45) is 1.80. The van der Waals surface area contributed by atoms with Gasteiger partial charge in [-0.1, -0.05) is 18.2 Å². The number of rotatable bonds is 3. The molecule has 0 amide bonds. The number of nitrogens with zero attached hydrogens (tertiary/aromatic N) is 2. The smallest absolute Gasteiger partial charge is 0.122 e. The van der Waals surface area contributed by atoms with Gasteiger partial charge in [-0.15, -0.1) is 0 Å². The van der Waals surface area contributed by atoms with Crippen LogP contribution in [0.2, 0.25) is 0 Å². The first kappa shape index (κ1) is 10.4. The van der Waals surface area contributed by atoms with Crippen molar-refractivity contribution in [2.24, 2.45) is 5.73 Å². The second-order valence-corrected chi connectivity index (χ2v) is 4.25. The highest BCUT2D eigenvalue weighted by Crippen LogP contribution is 2.34. The van der Waals surface area contributed by atoms with Crippen molar-refractivity contribution in [3.63, 3.8) is 0 Å². The molecule has 88 valence electrons. The Bertz CT molecular complexity index is 521. The molecule has 1 aromatic carbocycles. The molecule has 2 aromatic rings. The molecule has 0 spiro atoms. The van der Waals surface area contributed by atoms with Crippen molar-refractivity contribution < 1.29 is 4.74 Å². The van der Waals surface area contributed by atoms with Crippen molar-refractivity contribution in [3.8, 4) is 5.75 Å². The molecule has 4 heteroatoms. The van der Waals surface area contributed by atoms with Gasteiger partial charge in [0, 0.05) is 24.2 Å². The molecule has 3 rings (SSSR count). The number of fused-ring (bicyclic) bond motifs is 1. The van der Waals surface area contributed by atoms with E-state index in [0.29, 0.717) is 12.5 Å². The molecule has 1 unspecified atom stereocenters. The molecular formula is C13H15N3O. The van der Waals surface area contributed by atoms with Crippen LogP contribution < -0.4 is 10.5 Å². The summed E-state index contributed by atoms with van der Waals surface area (Å²) >= 11 is 0. The summed E-state index contributed by atoms with van der Waals surface area (Å²) in [4.78, 5) is 0. The van der Waals surface area contributed by atoms with Crippen LogP contribution in [0.4, 0.5) is 0 Å². The third kappa shape index (κ3) is 1.80. The SMILES string of the molecule is NCc1ccnn1CC1COc2ccccc21. The Balaban J connectivity index is 1.84. The number of aromatic nitrogens is 2. The van der Waals surface area contributed by atoms with Crippen LogP contribution in [0.5, 0.6) is 5.75 Å². The molecule has 1 atom stereocenters. The molecule has 0 aliphatic carbocycles. The van der Waals surface area contributed by atoms with E-state index in [1.54, 1.807) is 6.20 Å². The maximum absolute atomic E-state index is 5.67. The van der Waals surface area contributed by atoms with E-state index in [4.69, 9.17) is 10.5 Å². The standard InChI is InChI=1S/C13H15N3O/c14-7-11-5-6-15-16(11)8-10-9-17-13-4-2-1-3-12(10)13/h1-6,10H,7-9,14H2. The van der Waals surface area contributed by atoms with E-state index in [1.165, 1.54) is 5.56 Å². The monoisotopic (exact) mass is 229 g/mol. The van der Waals surface area contributed by atoms with Gasteiger partial charge in [0.25, 0.3) is 0 Å². The Labute approximate surface area is 100 Å². The predicted octanol–water partition coefficient (Wildman–Crippen LogP) is 1.52. The lowest BCUT2D eigenvalue weighted by Gasteiger charge is -2.11. The van der Waals surface area contributed by atoms with Crippen molar-refractivity contribution >= 4 is 0 Å². The molecule has 0 saturated carbocycles. The molecule has 4 nitrogen and oxygen atoms in total. The molecule has 0 saturated heterocycles. The molecule has 0 radical (unpaired) electrons. The number of nitrogens with two attached hydrogens (primary N) is 1. The van der Waals surface area contributed by atoms with E-state index in [0.717, 1.165) is 24.6 Å². The Morgan fingerprint density at radius 1 is 1.35 bits per heavy atom. The molecule has 0 fully saturated rings. The summed E-state index contributed by atoms with van der Waals surface area (Å²) in [7, 11) is 0. The van der Waals surface area contributed by atoms with E-state index in [2.05, 4.69) is 11.2 Å². The van der Waals surface area contributed by atoms with Crippen molar-refractivity contribution in [2.75, 3.05) is 6.61 Å². The Morgan fingerprint density at radius 3 is 3.12 bits per heavy atom. The zero-order valence-corrected chi connectivity index (χ0v) is 9.54. The van der Waals surface area contributed by atoms with Crippen molar-refractivity contribution in [2.45, 2.75) is 19.0 Å². The zero-order chi connectivity index (χ0) is 11.7. The van der Waals surface area contributed by atoms with E-state index in [-0.39, 0.29) is 0 Å². The molecule has 1 aliphatic rings. The van der Waals surface area contributed by atoms with E-state index >= 15 is 0 Å². The number of benzene rings is 1. The molecule has 2 N–H and O–H groups in total. The van der Waals surface area contributed by atoms with E-state index in [1.807, 2.05) is 28.9 Å². The first-order valence-corrected chi connectivity index (χ1v) is 5.81. The minimum Gasteiger partial charge on any atom is -0.493 e. The number of hydrogen-bond acceptors (Lipinski definition) is 3. The fraction of sp³-hybridized carbons (Fsp3) is 0.308. The van der Waals surface area contributed by atoms with Gasteiger partial charge >= 0.3 is 0 Å². The van der Waals surface area contributed by atoms with Crippen LogP contribution in [0.15, 0.2) is 36.5 Å². The minimum absolute atomic E-state index is 0.372. The summed E-state index contributed by atoms with van der Waals surface area (Å²) in [6, 6.07) is 10.1. The number of ether oxygens (including phenoxy) is 1. The summed E-state index contributed by atoms with van der Waals surface area (Å²) in [5, 5.41) is 4.30. The lowest BCUT2D eigenvalue weighted by molar-refractivity contribution is 0.313. The molecule has 1 aromatic heterocycles. The van der Waals surface area contributed by atoms with Gasteiger partial charge in [0.2, 0.25) is 0 Å². The average molecular weight is 229 g/mol. The first-order chi connectivity index (χ1) is 8.38. The van der Waals surface area contributed by atoms with Gasteiger partial charge in [-0.05, 0) is 12.1 Å². The summed E-state index contributed by atoms with van der Waals surface area (Å²) in [6.45, 7) is 2.08. The average Bonchev–Trinajstić information content (AvgIpc) is 2.97. The minimum atomic E-state index is 0.372. The molecular weight excluding hydrogens is 214 g/mol. The summed E-state index contributed by atoms with van der Waals surface area (Å²) in [5.74, 6) is 1.37. The Morgan fingerprint density at radius 2 is 2.24 bits per heavy atom. The molecule has 2 heterocycles. The van der Waals surface area contributed by atoms with Crippen LogP contribution in [-0.4, -0.2) is 16.4 Å². The van der Waals surface area contributed by atoms with Crippen molar-refractivity contribution in [1.82, 2.24) is 9.78 Å². The molecule has 1 aliphatic heterocycles. The fourth-order valence-corrected chi connectivity index (χ4v) is 2.29. The highest BCUT2D eigenvalue weighted by atomic mass is 16.5. The fourth-order valence-electron chi connectivity index (χ4n) is 2.29. The van der Waals surface area contributed by atoms with Gasteiger partial charge in [0.1, 0.15) is 5.75 Å². The van der Waals surface area contributed by atoms with Crippen molar-refractivity contribution in [3.05, 3.63) is 47.8 Å². The maximum Gasteiger partial charge on any atom is 0.122 e. The van der Waals surface area contributed by atoms with Gasteiger partial charge in [-0.25, -0.2) is 0 Å². The summed E-state index contributed by atoms with van der Waals surface area (Å²) < 4.78 is 7.63. The van der Waals surface area contributed by atoms with Crippen LogP contribution in [0.3, 0.4) is 0 Å². The highest BCUT2D eigenvalue weighted by Gasteiger charge is 2.24. The lowest BCUT2D eigenvalue weighted by Crippen LogP contribution is -2.15. The third-order valence-corrected chi connectivity index (χ3v) is 3.21. The predicted molar refractivity (Wildman–Crippen MR) is 64.8 cm³/mol. The Kier molecular flexibility index (Phi) is 2.57. The largest absolute Gasteiger partial charge is 0.493 e. The van der Waals surface area contributed by atoms with Gasteiger partial charge in [0.15, 0.2) is 0 Å². The topological polar surface area (TPSA) is 53.1 Å². The van der Waals surface area contributed by atoms with Crippen LogP contribution in [0.25, 0.3) is 0 Å². The van der Waals surface area contributed by atoms with E-state index < -0.39 is 0 Å². The zero-order valence-electron chi connectivity index (χ0n) is 9.54. The third-order valence-electron chi connectivity index (χ3n) is 3.21. The maximum atomic E-state index is 5.67. The Hall–Kier alpha value is -1.81. The quantitative estimate of drug-likeness (QED) is 0.868. The van der Waals surface area contributed by atoms with Crippen LogP contribution in [0.1, 0.15) is 17.2 Å². The normalized spacial score (nSPS) is 17.8. The van der Waals surface area contributed by atoms with Crippen LogP contribution in [-0.2, 0) is 13.1 Å². The highest BCUT2D eigenvalue weighted by molar-refractivity contribution is 5.39. The van der Waals surface area contributed by atoms with Crippen LogP contribution >= 0.6 is 0 Å². The molecule has 0 bridgehead atoms. The second kappa shape index (κ2) is 4.22. The number of hydrogen-bond donors (Lipinski definition) is 1.